The Morgan fingerprint density at radius 1 is 1.35 bits per heavy atom. The Morgan fingerprint density at radius 3 is 2.61 bits per heavy atom. The number of nitrogens with two attached hydrogens (primary N) is 1. The van der Waals surface area contributed by atoms with Gasteiger partial charge < -0.3 is 11.1 Å². The summed E-state index contributed by atoms with van der Waals surface area (Å²) in [5.41, 5.74) is 8.05. The number of amides is 1. The summed E-state index contributed by atoms with van der Waals surface area (Å²) < 4.78 is 37.5. The lowest BCUT2D eigenvalue weighted by Gasteiger charge is -2.12. The molecule has 23 heavy (non-hydrogen) atoms. The third-order valence-electron chi connectivity index (χ3n) is 3.21. The molecular formula is C15H17F3N4O. The Kier molecular flexibility index (Phi) is 5.05. The molecule has 1 atom stereocenters. The Hall–Kier alpha value is -2.35. The van der Waals surface area contributed by atoms with Crippen molar-refractivity contribution in [3.8, 4) is 0 Å². The molecule has 124 valence electrons. The summed E-state index contributed by atoms with van der Waals surface area (Å²) in [4.78, 5) is 12.0. The van der Waals surface area contributed by atoms with E-state index in [4.69, 9.17) is 5.73 Å². The average Bonchev–Trinajstić information content (AvgIpc) is 2.90. The molecule has 0 radical (unpaired) electrons. The predicted octanol–water partition coefficient (Wildman–Crippen LogP) is 2.07. The normalized spacial score (nSPS) is 12.9. The second kappa shape index (κ2) is 6.82. The number of rotatable bonds is 5. The van der Waals surface area contributed by atoms with E-state index in [2.05, 4.69) is 10.4 Å². The maximum atomic E-state index is 12.2. The second-order valence-electron chi connectivity index (χ2n) is 5.27. The Bertz CT molecular complexity index is 664. The third kappa shape index (κ3) is 5.10. The number of aromatic nitrogens is 2. The number of nitrogens with zero attached hydrogens (tertiary/aromatic N) is 2. The van der Waals surface area contributed by atoms with Crippen molar-refractivity contribution in [2.75, 3.05) is 0 Å². The number of carbonyl (C=O) groups is 1. The van der Waals surface area contributed by atoms with E-state index >= 15 is 0 Å². The highest BCUT2D eigenvalue weighted by atomic mass is 19.4. The number of benzene rings is 1. The quantitative estimate of drug-likeness (QED) is 0.883. The summed E-state index contributed by atoms with van der Waals surface area (Å²) in [6, 6.07) is 6.40. The number of halogens is 3. The summed E-state index contributed by atoms with van der Waals surface area (Å²) in [5, 5.41) is 6.20. The Labute approximate surface area is 131 Å². The largest absolute Gasteiger partial charge is 0.408 e. The SMILES string of the molecule is Cc1ccc(C(N)C(=O)NCc2cnn(CC(F)(F)F)c2)cc1. The van der Waals surface area contributed by atoms with Crippen LogP contribution < -0.4 is 11.1 Å². The van der Waals surface area contributed by atoms with Crippen LogP contribution in [-0.2, 0) is 17.9 Å². The van der Waals surface area contributed by atoms with E-state index < -0.39 is 24.7 Å². The van der Waals surface area contributed by atoms with Crippen LogP contribution in [0.25, 0.3) is 0 Å². The minimum atomic E-state index is -4.33. The van der Waals surface area contributed by atoms with E-state index in [0.29, 0.717) is 11.1 Å². The standard InChI is InChI=1S/C15H17F3N4O/c1-10-2-4-12(5-3-10)13(19)14(23)20-6-11-7-21-22(8-11)9-15(16,17)18/h2-5,7-8,13H,6,9,19H2,1H3,(H,20,23). The van der Waals surface area contributed by atoms with Gasteiger partial charge in [-0.2, -0.15) is 18.3 Å². The first kappa shape index (κ1) is 17.0. The fourth-order valence-electron chi connectivity index (χ4n) is 1.99. The van der Waals surface area contributed by atoms with E-state index in [1.165, 1.54) is 12.4 Å². The van der Waals surface area contributed by atoms with Crippen LogP contribution in [0.15, 0.2) is 36.7 Å². The van der Waals surface area contributed by atoms with Crippen molar-refractivity contribution in [2.45, 2.75) is 32.2 Å². The van der Waals surface area contributed by atoms with Crippen LogP contribution in [0.4, 0.5) is 13.2 Å². The van der Waals surface area contributed by atoms with E-state index in [1.54, 1.807) is 12.1 Å². The Morgan fingerprint density at radius 2 is 2.00 bits per heavy atom. The lowest BCUT2D eigenvalue weighted by molar-refractivity contribution is -0.142. The molecule has 0 bridgehead atoms. The van der Waals surface area contributed by atoms with Gasteiger partial charge in [-0.3, -0.25) is 9.48 Å². The lowest BCUT2D eigenvalue weighted by Crippen LogP contribution is -2.33. The van der Waals surface area contributed by atoms with Gasteiger partial charge in [-0.05, 0) is 12.5 Å². The summed E-state index contributed by atoms with van der Waals surface area (Å²) >= 11 is 0. The molecule has 1 unspecified atom stereocenters. The molecule has 2 rings (SSSR count). The highest BCUT2D eigenvalue weighted by Crippen LogP contribution is 2.17. The number of carbonyl (C=O) groups excluding carboxylic acids is 1. The van der Waals surface area contributed by atoms with Crippen LogP contribution in [-0.4, -0.2) is 21.9 Å². The van der Waals surface area contributed by atoms with Crippen LogP contribution in [0, 0.1) is 6.92 Å². The zero-order valence-corrected chi connectivity index (χ0v) is 12.5. The maximum absolute atomic E-state index is 12.2. The van der Waals surface area contributed by atoms with Crippen LogP contribution >= 0.6 is 0 Å². The van der Waals surface area contributed by atoms with Crippen LogP contribution in [0.3, 0.4) is 0 Å². The van der Waals surface area contributed by atoms with E-state index in [1.807, 2.05) is 19.1 Å². The third-order valence-corrected chi connectivity index (χ3v) is 3.21. The zero-order valence-electron chi connectivity index (χ0n) is 12.5. The van der Waals surface area contributed by atoms with Gasteiger partial charge in [0.15, 0.2) is 0 Å². The van der Waals surface area contributed by atoms with E-state index in [9.17, 15) is 18.0 Å². The topological polar surface area (TPSA) is 72.9 Å². The van der Waals surface area contributed by atoms with Gasteiger partial charge in [-0.15, -0.1) is 0 Å². The summed E-state index contributed by atoms with van der Waals surface area (Å²) in [6.07, 6.45) is -1.81. The molecular weight excluding hydrogens is 309 g/mol. The number of alkyl halides is 3. The van der Waals surface area contributed by atoms with Crippen LogP contribution in [0.5, 0.6) is 0 Å². The molecule has 0 aliphatic carbocycles. The summed E-state index contributed by atoms with van der Waals surface area (Å²) in [6.45, 7) is 0.827. The molecule has 1 amide bonds. The first-order valence-corrected chi connectivity index (χ1v) is 6.92. The summed E-state index contributed by atoms with van der Waals surface area (Å²) in [7, 11) is 0. The maximum Gasteiger partial charge on any atom is 0.408 e. The van der Waals surface area contributed by atoms with Crippen molar-refractivity contribution >= 4 is 5.91 Å². The molecule has 0 aliphatic rings. The van der Waals surface area contributed by atoms with Gasteiger partial charge >= 0.3 is 6.18 Å². The fraction of sp³-hybridized carbons (Fsp3) is 0.333. The second-order valence-corrected chi connectivity index (χ2v) is 5.27. The molecule has 0 saturated carbocycles. The van der Waals surface area contributed by atoms with Crippen molar-refractivity contribution in [3.63, 3.8) is 0 Å². The first-order valence-electron chi connectivity index (χ1n) is 6.92. The monoisotopic (exact) mass is 326 g/mol. The smallest absolute Gasteiger partial charge is 0.350 e. The lowest BCUT2D eigenvalue weighted by atomic mass is 10.1. The number of nitrogens with one attached hydrogen (secondary N) is 1. The molecule has 0 saturated heterocycles. The number of hydrogen-bond donors (Lipinski definition) is 2. The predicted molar refractivity (Wildman–Crippen MR) is 78.2 cm³/mol. The average molecular weight is 326 g/mol. The molecule has 8 heteroatoms. The molecule has 1 heterocycles. The van der Waals surface area contributed by atoms with Gasteiger partial charge in [0, 0.05) is 18.3 Å². The van der Waals surface area contributed by atoms with Gasteiger partial charge in [0.1, 0.15) is 12.6 Å². The van der Waals surface area contributed by atoms with E-state index in [-0.39, 0.29) is 6.54 Å². The van der Waals surface area contributed by atoms with E-state index in [0.717, 1.165) is 10.2 Å². The molecule has 1 aromatic carbocycles. The highest BCUT2D eigenvalue weighted by molar-refractivity contribution is 5.82. The van der Waals surface area contributed by atoms with Gasteiger partial charge in [0.2, 0.25) is 5.91 Å². The first-order chi connectivity index (χ1) is 10.7. The zero-order chi connectivity index (χ0) is 17.0. The van der Waals surface area contributed by atoms with Gasteiger partial charge in [0.05, 0.1) is 6.20 Å². The van der Waals surface area contributed by atoms with Crippen molar-refractivity contribution < 1.29 is 18.0 Å². The Balaban J connectivity index is 1.90. The number of hydrogen-bond acceptors (Lipinski definition) is 3. The molecule has 1 aromatic heterocycles. The minimum Gasteiger partial charge on any atom is -0.350 e. The molecule has 2 aromatic rings. The molecule has 5 nitrogen and oxygen atoms in total. The fourth-order valence-corrected chi connectivity index (χ4v) is 1.99. The summed E-state index contributed by atoms with van der Waals surface area (Å²) in [5.74, 6) is -0.405. The molecule has 0 spiro atoms. The molecule has 0 fully saturated rings. The molecule has 0 aliphatic heterocycles. The highest BCUT2D eigenvalue weighted by Gasteiger charge is 2.28. The number of aryl methyl sites for hydroxylation is 1. The van der Waals surface area contributed by atoms with Crippen LogP contribution in [0.2, 0.25) is 0 Å². The van der Waals surface area contributed by atoms with Crippen molar-refractivity contribution in [3.05, 3.63) is 53.3 Å². The minimum absolute atomic E-state index is 0.0657. The van der Waals surface area contributed by atoms with Gasteiger partial charge in [0.25, 0.3) is 0 Å². The van der Waals surface area contributed by atoms with Crippen molar-refractivity contribution in [1.82, 2.24) is 15.1 Å². The van der Waals surface area contributed by atoms with Crippen molar-refractivity contribution in [2.24, 2.45) is 5.73 Å². The van der Waals surface area contributed by atoms with Gasteiger partial charge in [-0.25, -0.2) is 0 Å². The molecule has 3 N–H and O–H groups in total. The van der Waals surface area contributed by atoms with Crippen molar-refractivity contribution in [1.29, 1.82) is 0 Å². The van der Waals surface area contributed by atoms with Gasteiger partial charge in [-0.1, -0.05) is 29.8 Å². The van der Waals surface area contributed by atoms with Crippen LogP contribution in [0.1, 0.15) is 22.7 Å².